The van der Waals surface area contributed by atoms with E-state index in [2.05, 4.69) is 29.1 Å². The zero-order valence-corrected chi connectivity index (χ0v) is 14.6. The molecule has 0 aliphatic rings. The molecule has 20 heavy (non-hydrogen) atoms. The highest BCUT2D eigenvalue weighted by Crippen LogP contribution is 2.15. The van der Waals surface area contributed by atoms with Crippen LogP contribution >= 0.6 is 24.0 Å². The van der Waals surface area contributed by atoms with E-state index in [0.717, 1.165) is 31.4 Å². The molecule has 1 rings (SSSR count). The number of guanidine groups is 1. The van der Waals surface area contributed by atoms with Crippen molar-refractivity contribution in [2.45, 2.75) is 39.7 Å². The third kappa shape index (κ3) is 7.52. The summed E-state index contributed by atoms with van der Waals surface area (Å²) in [4.78, 5) is 8.52. The summed E-state index contributed by atoms with van der Waals surface area (Å²) in [6, 6.07) is 3.85. The minimum atomic E-state index is 0. The van der Waals surface area contributed by atoms with Crippen LogP contribution in [0.15, 0.2) is 23.3 Å². The number of nitrogens with two attached hydrogens (primary N) is 1. The summed E-state index contributed by atoms with van der Waals surface area (Å²) in [6.07, 6.45) is 4.88. The zero-order chi connectivity index (χ0) is 13.9. The second kappa shape index (κ2) is 11.7. The maximum Gasteiger partial charge on any atom is 0.218 e. The van der Waals surface area contributed by atoms with Crippen molar-refractivity contribution in [1.29, 1.82) is 0 Å². The Balaban J connectivity index is 0.00000361. The average Bonchev–Trinajstić information content (AvgIpc) is 2.44. The standard InChI is InChI=1S/C14H24N4O.HI/c1-3-5-10-19-13-12(7-6-9-16-13)11-18-14(15)17-8-4-2;/h6-7,9H,3-5,8,10-11H2,1-2H3,(H3,15,17,18);1H. The number of aromatic nitrogens is 1. The quantitative estimate of drug-likeness (QED) is 0.309. The molecule has 0 aromatic carbocycles. The predicted molar refractivity (Wildman–Crippen MR) is 93.7 cm³/mol. The fourth-order valence-corrected chi connectivity index (χ4v) is 1.47. The van der Waals surface area contributed by atoms with Crippen molar-refractivity contribution in [3.63, 3.8) is 0 Å². The molecule has 0 bridgehead atoms. The minimum Gasteiger partial charge on any atom is -0.477 e. The highest BCUT2D eigenvalue weighted by molar-refractivity contribution is 14.0. The van der Waals surface area contributed by atoms with Gasteiger partial charge in [0.25, 0.3) is 0 Å². The lowest BCUT2D eigenvalue weighted by Crippen LogP contribution is -2.32. The van der Waals surface area contributed by atoms with Gasteiger partial charge in [-0.25, -0.2) is 9.98 Å². The zero-order valence-electron chi connectivity index (χ0n) is 12.3. The lowest BCUT2D eigenvalue weighted by atomic mass is 10.3. The lowest BCUT2D eigenvalue weighted by Gasteiger charge is -2.09. The van der Waals surface area contributed by atoms with Crippen LogP contribution in [0, 0.1) is 0 Å². The molecule has 1 aromatic heterocycles. The minimum absolute atomic E-state index is 0. The Hall–Kier alpha value is -1.05. The largest absolute Gasteiger partial charge is 0.477 e. The van der Waals surface area contributed by atoms with Gasteiger partial charge < -0.3 is 15.8 Å². The number of unbranched alkanes of at least 4 members (excludes halogenated alkanes) is 1. The van der Waals surface area contributed by atoms with E-state index in [-0.39, 0.29) is 24.0 Å². The van der Waals surface area contributed by atoms with E-state index >= 15 is 0 Å². The van der Waals surface area contributed by atoms with Gasteiger partial charge in [0.1, 0.15) is 0 Å². The molecule has 0 spiro atoms. The van der Waals surface area contributed by atoms with Gasteiger partial charge in [-0.15, -0.1) is 24.0 Å². The van der Waals surface area contributed by atoms with Gasteiger partial charge in [0.05, 0.1) is 13.2 Å². The molecule has 0 fully saturated rings. The molecule has 0 radical (unpaired) electrons. The Bertz CT molecular complexity index is 399. The van der Waals surface area contributed by atoms with Gasteiger partial charge >= 0.3 is 0 Å². The molecule has 0 aliphatic carbocycles. The third-order valence-corrected chi connectivity index (χ3v) is 2.56. The summed E-state index contributed by atoms with van der Waals surface area (Å²) < 4.78 is 5.65. The van der Waals surface area contributed by atoms with Crippen LogP contribution < -0.4 is 15.8 Å². The van der Waals surface area contributed by atoms with Crippen molar-refractivity contribution in [1.82, 2.24) is 10.3 Å². The van der Waals surface area contributed by atoms with Crippen LogP contribution in [0.5, 0.6) is 5.88 Å². The van der Waals surface area contributed by atoms with E-state index in [9.17, 15) is 0 Å². The normalized spacial score (nSPS) is 10.8. The number of nitrogens with zero attached hydrogens (tertiary/aromatic N) is 2. The van der Waals surface area contributed by atoms with Gasteiger partial charge in [-0.05, 0) is 18.9 Å². The Morgan fingerprint density at radius 3 is 2.90 bits per heavy atom. The van der Waals surface area contributed by atoms with Crippen molar-refractivity contribution in [2.75, 3.05) is 13.2 Å². The summed E-state index contributed by atoms with van der Waals surface area (Å²) in [6.45, 7) is 6.22. The fourth-order valence-electron chi connectivity index (χ4n) is 1.47. The van der Waals surface area contributed by atoms with E-state index in [1.54, 1.807) is 6.20 Å². The molecule has 6 heteroatoms. The summed E-state index contributed by atoms with van der Waals surface area (Å²) in [5.41, 5.74) is 6.72. The Labute approximate surface area is 138 Å². The highest BCUT2D eigenvalue weighted by Gasteiger charge is 2.03. The lowest BCUT2D eigenvalue weighted by molar-refractivity contribution is 0.294. The van der Waals surface area contributed by atoms with E-state index in [1.165, 1.54) is 0 Å². The molecule has 0 amide bonds. The Morgan fingerprint density at radius 1 is 1.40 bits per heavy atom. The number of hydrogen-bond donors (Lipinski definition) is 2. The second-order valence-electron chi connectivity index (χ2n) is 4.30. The fraction of sp³-hybridized carbons (Fsp3) is 0.571. The molecule has 0 atom stereocenters. The highest BCUT2D eigenvalue weighted by atomic mass is 127. The van der Waals surface area contributed by atoms with Gasteiger partial charge in [0, 0.05) is 18.3 Å². The maximum absolute atomic E-state index is 5.76. The van der Waals surface area contributed by atoms with Gasteiger partial charge in [-0.1, -0.05) is 26.3 Å². The van der Waals surface area contributed by atoms with Crippen LogP contribution in [-0.2, 0) is 6.54 Å². The van der Waals surface area contributed by atoms with Crippen LogP contribution in [0.1, 0.15) is 38.7 Å². The summed E-state index contributed by atoms with van der Waals surface area (Å²) in [5.74, 6) is 1.12. The van der Waals surface area contributed by atoms with Crippen molar-refractivity contribution >= 4 is 29.9 Å². The van der Waals surface area contributed by atoms with Crippen LogP contribution in [0.3, 0.4) is 0 Å². The number of nitrogens with one attached hydrogen (secondary N) is 1. The van der Waals surface area contributed by atoms with Crippen LogP contribution in [0.25, 0.3) is 0 Å². The van der Waals surface area contributed by atoms with Gasteiger partial charge in [0.2, 0.25) is 5.88 Å². The number of rotatable bonds is 8. The van der Waals surface area contributed by atoms with Crippen molar-refractivity contribution in [3.8, 4) is 5.88 Å². The first kappa shape index (κ1) is 18.9. The molecule has 1 heterocycles. The average molecular weight is 392 g/mol. The molecular formula is C14H25IN4O. The van der Waals surface area contributed by atoms with Crippen LogP contribution in [0.4, 0.5) is 0 Å². The first-order valence-electron chi connectivity index (χ1n) is 6.88. The first-order valence-corrected chi connectivity index (χ1v) is 6.88. The smallest absolute Gasteiger partial charge is 0.218 e. The summed E-state index contributed by atoms with van der Waals surface area (Å²) in [7, 11) is 0. The molecule has 0 aliphatic heterocycles. The molecule has 0 saturated heterocycles. The predicted octanol–water partition coefficient (Wildman–Crippen LogP) is 2.69. The SMILES string of the molecule is CCCCOc1ncccc1CN=C(N)NCCC.I. The van der Waals surface area contributed by atoms with Crippen molar-refractivity contribution < 1.29 is 4.74 Å². The number of aliphatic imine (C=N–C) groups is 1. The number of hydrogen-bond acceptors (Lipinski definition) is 3. The molecular weight excluding hydrogens is 367 g/mol. The Kier molecular flexibility index (Phi) is 11.1. The van der Waals surface area contributed by atoms with Gasteiger partial charge in [-0.3, -0.25) is 0 Å². The molecule has 5 nitrogen and oxygen atoms in total. The molecule has 0 saturated carbocycles. The van der Waals surface area contributed by atoms with Gasteiger partial charge in [-0.2, -0.15) is 0 Å². The van der Waals surface area contributed by atoms with E-state index in [4.69, 9.17) is 10.5 Å². The topological polar surface area (TPSA) is 72.5 Å². The van der Waals surface area contributed by atoms with Crippen molar-refractivity contribution in [3.05, 3.63) is 23.9 Å². The molecule has 3 N–H and O–H groups in total. The number of pyridine rings is 1. The van der Waals surface area contributed by atoms with Crippen LogP contribution in [0.2, 0.25) is 0 Å². The van der Waals surface area contributed by atoms with E-state index in [1.807, 2.05) is 12.1 Å². The third-order valence-electron chi connectivity index (χ3n) is 2.56. The summed E-state index contributed by atoms with van der Waals surface area (Å²) >= 11 is 0. The molecule has 114 valence electrons. The Morgan fingerprint density at radius 2 is 2.20 bits per heavy atom. The maximum atomic E-state index is 5.76. The second-order valence-corrected chi connectivity index (χ2v) is 4.30. The van der Waals surface area contributed by atoms with Crippen molar-refractivity contribution in [2.24, 2.45) is 10.7 Å². The van der Waals surface area contributed by atoms with Gasteiger partial charge in [0.15, 0.2) is 5.96 Å². The monoisotopic (exact) mass is 392 g/mol. The molecule has 0 unspecified atom stereocenters. The molecule has 1 aromatic rings. The van der Waals surface area contributed by atoms with Crippen LogP contribution in [-0.4, -0.2) is 24.1 Å². The van der Waals surface area contributed by atoms with E-state index in [0.29, 0.717) is 25.0 Å². The number of ether oxygens (including phenoxy) is 1. The summed E-state index contributed by atoms with van der Waals surface area (Å²) in [5, 5.41) is 3.04. The first-order chi connectivity index (χ1) is 9.27. The van der Waals surface area contributed by atoms with E-state index < -0.39 is 0 Å². The number of halogens is 1.